The number of urea groups is 1. The number of hydrogen-bond donors (Lipinski definition) is 2. The maximum absolute atomic E-state index is 12.2. The second-order valence-corrected chi connectivity index (χ2v) is 6.97. The summed E-state index contributed by atoms with van der Waals surface area (Å²) in [4.78, 5) is 12.7. The summed E-state index contributed by atoms with van der Waals surface area (Å²) < 4.78 is 32.5. The van der Waals surface area contributed by atoms with E-state index >= 15 is 0 Å². The number of nitrogens with one attached hydrogen (secondary N) is 2. The Balaban J connectivity index is 2.70. The Bertz CT molecular complexity index is 605. The number of methoxy groups -OCH3 is 1. The fourth-order valence-corrected chi connectivity index (χ4v) is 3.19. The van der Waals surface area contributed by atoms with Crippen LogP contribution in [0.4, 0.5) is 4.79 Å². The molecule has 21 heavy (non-hydrogen) atoms. The van der Waals surface area contributed by atoms with Crippen molar-refractivity contribution in [3.63, 3.8) is 0 Å². The minimum Gasteiger partial charge on any atom is -0.495 e. The van der Waals surface area contributed by atoms with Gasteiger partial charge < -0.3 is 15.0 Å². The zero-order valence-electron chi connectivity index (χ0n) is 12.0. The standard InChI is InChI=1S/C12H18BrN3O4S/c1-16(2)12(17)14-6-7-15-21(18,19)11-8-9(13)4-5-10(11)20-3/h4-5,8,15H,6-7H2,1-3H3,(H,14,17). The van der Waals surface area contributed by atoms with Crippen molar-refractivity contribution in [2.24, 2.45) is 0 Å². The van der Waals surface area contributed by atoms with Crippen LogP contribution >= 0.6 is 15.9 Å². The van der Waals surface area contributed by atoms with Gasteiger partial charge in [-0.05, 0) is 18.2 Å². The Morgan fingerprint density at radius 2 is 2.00 bits per heavy atom. The molecule has 1 aromatic rings. The number of rotatable bonds is 6. The molecule has 0 saturated heterocycles. The summed E-state index contributed by atoms with van der Waals surface area (Å²) in [5, 5.41) is 2.57. The van der Waals surface area contributed by atoms with E-state index in [2.05, 4.69) is 26.0 Å². The Kier molecular flexibility index (Phi) is 6.43. The predicted octanol–water partition coefficient (Wildman–Crippen LogP) is 1.01. The second kappa shape index (κ2) is 7.62. The van der Waals surface area contributed by atoms with Crippen LogP contribution in [0.15, 0.2) is 27.6 Å². The number of nitrogens with zero attached hydrogens (tertiary/aromatic N) is 1. The molecule has 0 aliphatic carbocycles. The van der Waals surface area contributed by atoms with Crippen LogP contribution in [0.25, 0.3) is 0 Å². The molecule has 7 nitrogen and oxygen atoms in total. The zero-order valence-corrected chi connectivity index (χ0v) is 14.4. The molecule has 1 aromatic carbocycles. The number of hydrogen-bond acceptors (Lipinski definition) is 4. The molecule has 0 bridgehead atoms. The molecule has 0 heterocycles. The Labute approximate surface area is 132 Å². The first kappa shape index (κ1) is 17.7. The van der Waals surface area contributed by atoms with Crippen LogP contribution in [-0.4, -0.2) is 53.6 Å². The van der Waals surface area contributed by atoms with E-state index in [1.165, 1.54) is 18.1 Å². The third-order valence-corrected chi connectivity index (χ3v) is 4.49. The van der Waals surface area contributed by atoms with Crippen LogP contribution in [0.2, 0.25) is 0 Å². The SMILES string of the molecule is COc1ccc(Br)cc1S(=O)(=O)NCCNC(=O)N(C)C. The number of ether oxygens (including phenoxy) is 1. The van der Waals surface area contributed by atoms with Crippen LogP contribution in [-0.2, 0) is 10.0 Å². The number of halogens is 1. The highest BCUT2D eigenvalue weighted by molar-refractivity contribution is 9.10. The highest BCUT2D eigenvalue weighted by Gasteiger charge is 2.19. The summed E-state index contributed by atoms with van der Waals surface area (Å²) in [6.45, 7) is 0.268. The maximum atomic E-state index is 12.2. The van der Waals surface area contributed by atoms with Gasteiger partial charge in [-0.1, -0.05) is 15.9 Å². The van der Waals surface area contributed by atoms with Crippen molar-refractivity contribution in [1.82, 2.24) is 14.9 Å². The monoisotopic (exact) mass is 379 g/mol. The predicted molar refractivity (Wildman–Crippen MR) is 83.0 cm³/mol. The largest absolute Gasteiger partial charge is 0.495 e. The fourth-order valence-electron chi connectivity index (χ4n) is 1.45. The molecule has 2 amide bonds. The van der Waals surface area contributed by atoms with Gasteiger partial charge in [-0.25, -0.2) is 17.9 Å². The first-order chi connectivity index (χ1) is 9.77. The molecule has 1 rings (SSSR count). The van der Waals surface area contributed by atoms with Crippen LogP contribution in [0, 0.1) is 0 Å². The van der Waals surface area contributed by atoms with E-state index in [1.54, 1.807) is 26.2 Å². The molecule has 0 saturated carbocycles. The summed E-state index contributed by atoms with van der Waals surface area (Å²) in [6.07, 6.45) is 0. The van der Waals surface area contributed by atoms with Gasteiger partial charge in [0.05, 0.1) is 7.11 Å². The van der Waals surface area contributed by atoms with Gasteiger partial charge in [0, 0.05) is 31.7 Å². The quantitative estimate of drug-likeness (QED) is 0.721. The highest BCUT2D eigenvalue weighted by atomic mass is 79.9. The van der Waals surface area contributed by atoms with Crippen molar-refractivity contribution < 1.29 is 17.9 Å². The normalized spacial score (nSPS) is 11.0. The van der Waals surface area contributed by atoms with Crippen molar-refractivity contribution in [1.29, 1.82) is 0 Å². The van der Waals surface area contributed by atoms with E-state index < -0.39 is 10.0 Å². The van der Waals surface area contributed by atoms with Crippen molar-refractivity contribution in [3.8, 4) is 5.75 Å². The molecule has 0 spiro atoms. The molecular weight excluding hydrogens is 362 g/mol. The van der Waals surface area contributed by atoms with Gasteiger partial charge in [0.15, 0.2) is 0 Å². The lowest BCUT2D eigenvalue weighted by Gasteiger charge is -2.13. The summed E-state index contributed by atoms with van der Waals surface area (Å²) in [7, 11) is 0.895. The van der Waals surface area contributed by atoms with E-state index in [9.17, 15) is 13.2 Å². The summed E-state index contributed by atoms with van der Waals surface area (Å²) in [5.41, 5.74) is 0. The molecule has 0 atom stereocenters. The van der Waals surface area contributed by atoms with Gasteiger partial charge >= 0.3 is 6.03 Å². The van der Waals surface area contributed by atoms with E-state index in [0.717, 1.165) is 0 Å². The molecule has 0 aliphatic rings. The Morgan fingerprint density at radius 1 is 1.33 bits per heavy atom. The fraction of sp³-hybridized carbons (Fsp3) is 0.417. The molecule has 118 valence electrons. The summed E-state index contributed by atoms with van der Waals surface area (Å²) in [6, 6.07) is 4.43. The lowest BCUT2D eigenvalue weighted by atomic mass is 10.3. The topological polar surface area (TPSA) is 87.7 Å². The average Bonchev–Trinajstić information content (AvgIpc) is 2.43. The van der Waals surface area contributed by atoms with Crippen molar-refractivity contribution in [3.05, 3.63) is 22.7 Å². The van der Waals surface area contributed by atoms with Gasteiger partial charge in [-0.2, -0.15) is 0 Å². The van der Waals surface area contributed by atoms with E-state index in [1.807, 2.05) is 0 Å². The van der Waals surface area contributed by atoms with Crippen LogP contribution in [0.1, 0.15) is 0 Å². The zero-order chi connectivity index (χ0) is 16.0. The molecule has 0 aromatic heterocycles. The lowest BCUT2D eigenvalue weighted by molar-refractivity contribution is 0.217. The average molecular weight is 380 g/mol. The maximum Gasteiger partial charge on any atom is 0.316 e. The Hall–Kier alpha value is -1.32. The number of carbonyl (C=O) groups excluding carboxylic acids is 1. The van der Waals surface area contributed by atoms with Crippen LogP contribution in [0.3, 0.4) is 0 Å². The molecule has 2 N–H and O–H groups in total. The van der Waals surface area contributed by atoms with Gasteiger partial charge in [0.2, 0.25) is 10.0 Å². The molecule has 0 fully saturated rings. The summed E-state index contributed by atoms with van der Waals surface area (Å²) >= 11 is 3.22. The van der Waals surface area contributed by atoms with E-state index in [-0.39, 0.29) is 29.8 Å². The van der Waals surface area contributed by atoms with E-state index in [4.69, 9.17) is 4.74 Å². The number of amides is 2. The second-order valence-electron chi connectivity index (χ2n) is 4.32. The van der Waals surface area contributed by atoms with Crippen molar-refractivity contribution >= 4 is 32.0 Å². The number of sulfonamides is 1. The number of benzene rings is 1. The molecule has 0 radical (unpaired) electrons. The minimum atomic E-state index is -3.71. The van der Waals surface area contributed by atoms with Crippen LogP contribution in [0.5, 0.6) is 5.75 Å². The van der Waals surface area contributed by atoms with Gasteiger partial charge in [0.25, 0.3) is 0 Å². The van der Waals surface area contributed by atoms with Crippen LogP contribution < -0.4 is 14.8 Å². The Morgan fingerprint density at radius 3 is 2.57 bits per heavy atom. The van der Waals surface area contributed by atoms with Crippen molar-refractivity contribution in [2.75, 3.05) is 34.3 Å². The number of carbonyl (C=O) groups is 1. The van der Waals surface area contributed by atoms with Gasteiger partial charge in [0.1, 0.15) is 10.6 Å². The smallest absolute Gasteiger partial charge is 0.316 e. The summed E-state index contributed by atoms with van der Waals surface area (Å²) in [5.74, 6) is 0.253. The molecule has 9 heteroatoms. The third-order valence-electron chi connectivity index (χ3n) is 2.51. The van der Waals surface area contributed by atoms with Gasteiger partial charge in [-0.3, -0.25) is 0 Å². The van der Waals surface area contributed by atoms with Gasteiger partial charge in [-0.15, -0.1) is 0 Å². The lowest BCUT2D eigenvalue weighted by Crippen LogP contribution is -2.39. The van der Waals surface area contributed by atoms with Crippen molar-refractivity contribution in [2.45, 2.75) is 4.90 Å². The molecular formula is C12H18BrN3O4S. The minimum absolute atomic E-state index is 0.0401. The highest BCUT2D eigenvalue weighted by Crippen LogP contribution is 2.26. The van der Waals surface area contributed by atoms with E-state index in [0.29, 0.717) is 4.47 Å². The first-order valence-corrected chi connectivity index (χ1v) is 8.34. The third kappa shape index (κ3) is 5.18. The molecule has 0 unspecified atom stereocenters. The first-order valence-electron chi connectivity index (χ1n) is 6.06. The molecule has 0 aliphatic heterocycles.